The molecule has 2 aromatic carbocycles. The number of alkyl halides is 3. The van der Waals surface area contributed by atoms with E-state index in [4.69, 9.17) is 9.26 Å². The molecule has 9 heteroatoms. The van der Waals surface area contributed by atoms with E-state index in [1.165, 1.54) is 12.1 Å². The zero-order chi connectivity index (χ0) is 21.7. The van der Waals surface area contributed by atoms with Gasteiger partial charge in [-0.25, -0.2) is 0 Å². The molecule has 1 fully saturated rings. The van der Waals surface area contributed by atoms with E-state index >= 15 is 0 Å². The molecule has 0 spiro atoms. The fourth-order valence-corrected chi connectivity index (χ4v) is 3.50. The molecule has 1 aliphatic heterocycles. The predicted octanol–water partition coefficient (Wildman–Crippen LogP) is 3.92. The van der Waals surface area contributed by atoms with Crippen molar-refractivity contribution >= 4 is 0 Å². The normalized spacial score (nSPS) is 16.4. The number of aromatic nitrogens is 2. The van der Waals surface area contributed by atoms with Crippen molar-refractivity contribution in [1.29, 1.82) is 0 Å². The van der Waals surface area contributed by atoms with Crippen molar-refractivity contribution in [2.45, 2.75) is 18.8 Å². The molecule has 1 aromatic heterocycles. The summed E-state index contributed by atoms with van der Waals surface area (Å²) in [6, 6.07) is 15.0. The van der Waals surface area contributed by atoms with Gasteiger partial charge in [-0.05, 0) is 17.7 Å². The van der Waals surface area contributed by atoms with Crippen LogP contribution in [0, 0.1) is 0 Å². The molecule has 4 rings (SSSR count). The molecule has 1 unspecified atom stereocenters. The van der Waals surface area contributed by atoms with Gasteiger partial charge in [0, 0.05) is 31.2 Å². The van der Waals surface area contributed by atoms with Crippen molar-refractivity contribution in [1.82, 2.24) is 20.4 Å². The van der Waals surface area contributed by atoms with Gasteiger partial charge < -0.3 is 14.6 Å². The fourth-order valence-electron chi connectivity index (χ4n) is 3.50. The van der Waals surface area contributed by atoms with Gasteiger partial charge in [0.15, 0.2) is 0 Å². The molecule has 0 amide bonds. The molecule has 0 radical (unpaired) electrons. The minimum Gasteiger partial charge on any atom is -0.379 e. The summed E-state index contributed by atoms with van der Waals surface area (Å²) in [7, 11) is 0. The van der Waals surface area contributed by atoms with Gasteiger partial charge in [0.1, 0.15) is 0 Å². The summed E-state index contributed by atoms with van der Waals surface area (Å²) in [5.41, 5.74) is 0.647. The van der Waals surface area contributed by atoms with Crippen LogP contribution in [0.25, 0.3) is 11.4 Å². The first-order valence-corrected chi connectivity index (χ1v) is 10.1. The van der Waals surface area contributed by atoms with Gasteiger partial charge in [-0.1, -0.05) is 47.6 Å². The summed E-state index contributed by atoms with van der Waals surface area (Å²) in [5, 5.41) is 7.30. The second-order valence-electron chi connectivity index (χ2n) is 7.35. The molecule has 0 bridgehead atoms. The molecule has 1 atom stereocenters. The van der Waals surface area contributed by atoms with Crippen molar-refractivity contribution in [3.63, 3.8) is 0 Å². The number of ether oxygens (including phenoxy) is 1. The van der Waals surface area contributed by atoms with Gasteiger partial charge >= 0.3 is 6.18 Å². The van der Waals surface area contributed by atoms with Crippen molar-refractivity contribution in [3.8, 4) is 11.4 Å². The van der Waals surface area contributed by atoms with E-state index in [0.717, 1.165) is 37.3 Å². The highest BCUT2D eigenvalue weighted by Crippen LogP contribution is 2.31. The van der Waals surface area contributed by atoms with E-state index in [2.05, 4.69) is 32.5 Å². The summed E-state index contributed by atoms with van der Waals surface area (Å²) in [5.74, 6) is 0.447. The highest BCUT2D eigenvalue weighted by molar-refractivity contribution is 5.55. The lowest BCUT2D eigenvalue weighted by molar-refractivity contribution is -0.137. The van der Waals surface area contributed by atoms with Crippen molar-refractivity contribution in [3.05, 3.63) is 71.6 Å². The van der Waals surface area contributed by atoms with Crippen LogP contribution in [0.3, 0.4) is 0 Å². The minimum atomic E-state index is -4.42. The zero-order valence-corrected chi connectivity index (χ0v) is 16.8. The lowest BCUT2D eigenvalue weighted by atomic mass is 10.1. The molecule has 6 nitrogen and oxygen atoms in total. The second-order valence-corrected chi connectivity index (χ2v) is 7.35. The predicted molar refractivity (Wildman–Crippen MR) is 108 cm³/mol. The van der Waals surface area contributed by atoms with Crippen LogP contribution in [0.5, 0.6) is 0 Å². The third-order valence-electron chi connectivity index (χ3n) is 5.16. The van der Waals surface area contributed by atoms with Crippen LogP contribution < -0.4 is 5.32 Å². The molecule has 2 heterocycles. The van der Waals surface area contributed by atoms with Gasteiger partial charge in [0.2, 0.25) is 11.7 Å². The van der Waals surface area contributed by atoms with E-state index < -0.39 is 11.7 Å². The van der Waals surface area contributed by atoms with Crippen LogP contribution in [0.15, 0.2) is 59.1 Å². The van der Waals surface area contributed by atoms with E-state index in [1.54, 1.807) is 0 Å². The van der Waals surface area contributed by atoms with Crippen molar-refractivity contribution < 1.29 is 22.4 Å². The number of nitrogens with zero attached hydrogens (tertiary/aromatic N) is 3. The second kappa shape index (κ2) is 9.59. The monoisotopic (exact) mass is 432 g/mol. The van der Waals surface area contributed by atoms with E-state index in [0.29, 0.717) is 25.6 Å². The van der Waals surface area contributed by atoms with E-state index in [1.807, 2.05) is 18.2 Å². The molecule has 3 aromatic rings. The number of hydrogen-bond acceptors (Lipinski definition) is 6. The lowest BCUT2D eigenvalue weighted by Gasteiger charge is -2.31. The van der Waals surface area contributed by atoms with Gasteiger partial charge in [-0.3, -0.25) is 4.90 Å². The van der Waals surface area contributed by atoms with Gasteiger partial charge in [-0.2, -0.15) is 18.2 Å². The molecule has 1 saturated heterocycles. The Labute approximate surface area is 178 Å². The average molecular weight is 432 g/mol. The number of hydrogen-bond donors (Lipinski definition) is 1. The van der Waals surface area contributed by atoms with Gasteiger partial charge in [0.25, 0.3) is 0 Å². The largest absolute Gasteiger partial charge is 0.416 e. The first kappa shape index (κ1) is 21.5. The Bertz CT molecular complexity index is 972. The molecular formula is C22H23F3N4O2. The minimum absolute atomic E-state index is 0.0307. The third-order valence-corrected chi connectivity index (χ3v) is 5.16. The Morgan fingerprint density at radius 1 is 1.03 bits per heavy atom. The number of morpholine rings is 1. The summed E-state index contributed by atoms with van der Waals surface area (Å²) in [6.07, 6.45) is -4.42. The van der Waals surface area contributed by atoms with Crippen molar-refractivity contribution in [2.24, 2.45) is 0 Å². The zero-order valence-electron chi connectivity index (χ0n) is 16.8. The first-order chi connectivity index (χ1) is 15.0. The van der Waals surface area contributed by atoms with Crippen molar-refractivity contribution in [2.75, 3.05) is 32.8 Å². The summed E-state index contributed by atoms with van der Waals surface area (Å²) in [6.45, 7) is 4.26. The van der Waals surface area contributed by atoms with Crippen LogP contribution >= 0.6 is 0 Å². The fraction of sp³-hybridized carbons (Fsp3) is 0.364. The van der Waals surface area contributed by atoms with E-state index in [9.17, 15) is 13.2 Å². The topological polar surface area (TPSA) is 63.4 Å². The molecule has 1 N–H and O–H groups in total. The Balaban J connectivity index is 1.45. The van der Waals surface area contributed by atoms with Gasteiger partial charge in [0.05, 0.1) is 25.3 Å². The number of halogens is 3. The molecular weight excluding hydrogens is 409 g/mol. The molecule has 164 valence electrons. The number of nitrogens with one attached hydrogen (secondary N) is 1. The molecule has 0 aliphatic carbocycles. The van der Waals surface area contributed by atoms with Crippen LogP contribution in [0.2, 0.25) is 0 Å². The number of benzene rings is 2. The maximum Gasteiger partial charge on any atom is 0.416 e. The molecule has 0 saturated carbocycles. The summed E-state index contributed by atoms with van der Waals surface area (Å²) >= 11 is 0. The SMILES string of the molecule is FC(F)(F)c1cccc(-c2noc(CNC(CN3CCOCC3)c3ccccc3)n2)c1. The Hall–Kier alpha value is -2.75. The molecule has 31 heavy (non-hydrogen) atoms. The van der Waals surface area contributed by atoms with Crippen LogP contribution in [0.4, 0.5) is 13.2 Å². The third kappa shape index (κ3) is 5.69. The van der Waals surface area contributed by atoms with Crippen LogP contribution in [0.1, 0.15) is 23.1 Å². The lowest BCUT2D eigenvalue weighted by Crippen LogP contribution is -2.41. The Kier molecular flexibility index (Phi) is 6.64. The van der Waals surface area contributed by atoms with Gasteiger partial charge in [-0.15, -0.1) is 0 Å². The maximum atomic E-state index is 13.0. The number of rotatable bonds is 7. The first-order valence-electron chi connectivity index (χ1n) is 10.1. The maximum absolute atomic E-state index is 13.0. The smallest absolute Gasteiger partial charge is 0.379 e. The Morgan fingerprint density at radius 2 is 1.81 bits per heavy atom. The van der Waals surface area contributed by atoms with E-state index in [-0.39, 0.29) is 17.4 Å². The summed E-state index contributed by atoms with van der Waals surface area (Å²) in [4.78, 5) is 6.60. The van der Waals surface area contributed by atoms with Crippen LogP contribution in [-0.2, 0) is 17.5 Å². The quantitative estimate of drug-likeness (QED) is 0.611. The summed E-state index contributed by atoms with van der Waals surface area (Å²) < 4.78 is 49.6. The highest BCUT2D eigenvalue weighted by Gasteiger charge is 2.30. The van der Waals surface area contributed by atoms with Crippen LogP contribution in [-0.4, -0.2) is 47.9 Å². The average Bonchev–Trinajstić information content (AvgIpc) is 3.26. The Morgan fingerprint density at radius 3 is 2.55 bits per heavy atom. The highest BCUT2D eigenvalue weighted by atomic mass is 19.4. The standard InChI is InChI=1S/C22H23F3N4O2/c23-22(24,25)18-8-4-7-17(13-18)21-27-20(31-28-21)14-26-19(16-5-2-1-3-6-16)15-29-9-11-30-12-10-29/h1-8,13,19,26H,9-12,14-15H2. The molecule has 1 aliphatic rings.